The van der Waals surface area contributed by atoms with Crippen molar-refractivity contribution < 1.29 is 32.0 Å². The van der Waals surface area contributed by atoms with Gasteiger partial charge in [0, 0.05) is 25.0 Å². The zero-order chi connectivity index (χ0) is 27.4. The predicted octanol–water partition coefficient (Wildman–Crippen LogP) is 2.58. The lowest BCUT2D eigenvalue weighted by Gasteiger charge is -2.17. The zero-order valence-corrected chi connectivity index (χ0v) is 20.1. The average Bonchev–Trinajstić information content (AvgIpc) is 3.29. The van der Waals surface area contributed by atoms with Gasteiger partial charge in [0.15, 0.2) is 0 Å². The van der Waals surface area contributed by atoms with Crippen molar-refractivity contribution in [3.05, 3.63) is 81.4 Å². The fourth-order valence-corrected chi connectivity index (χ4v) is 4.17. The first-order valence-electron chi connectivity index (χ1n) is 10.7. The SMILES string of the molecule is Cn1cc(-c2ccc3ncc4c(=O)n(COP(=O)(O)O)c(=O)n(-c5cccc(C(F)(F)F)c5)c4c3n2)cn1. The van der Waals surface area contributed by atoms with Gasteiger partial charge in [-0.15, -0.1) is 0 Å². The number of rotatable bonds is 5. The van der Waals surface area contributed by atoms with Crippen LogP contribution in [0.1, 0.15) is 5.56 Å². The Labute approximate surface area is 209 Å². The molecule has 0 bridgehead atoms. The summed E-state index contributed by atoms with van der Waals surface area (Å²) in [6, 6.07) is 6.99. The maximum atomic E-state index is 13.5. The van der Waals surface area contributed by atoms with Gasteiger partial charge in [-0.05, 0) is 30.3 Å². The number of alkyl halides is 3. The smallest absolute Gasteiger partial charge is 0.303 e. The van der Waals surface area contributed by atoms with E-state index >= 15 is 0 Å². The van der Waals surface area contributed by atoms with Gasteiger partial charge in [0.2, 0.25) is 0 Å². The molecule has 4 heterocycles. The Kier molecular flexibility index (Phi) is 6.03. The van der Waals surface area contributed by atoms with E-state index < -0.39 is 37.5 Å². The number of nitrogens with zero attached hydrogens (tertiary/aromatic N) is 6. The highest BCUT2D eigenvalue weighted by atomic mass is 31.2. The third-order valence-corrected chi connectivity index (χ3v) is 6.05. The van der Waals surface area contributed by atoms with Crippen LogP contribution in [0.2, 0.25) is 0 Å². The van der Waals surface area contributed by atoms with Gasteiger partial charge in [0.1, 0.15) is 12.2 Å². The predicted molar refractivity (Wildman–Crippen MR) is 127 cm³/mol. The van der Waals surface area contributed by atoms with Crippen molar-refractivity contribution in [1.82, 2.24) is 28.9 Å². The van der Waals surface area contributed by atoms with Crippen LogP contribution in [0.4, 0.5) is 13.2 Å². The van der Waals surface area contributed by atoms with Crippen LogP contribution in [-0.4, -0.2) is 38.7 Å². The molecule has 0 unspecified atom stereocenters. The summed E-state index contributed by atoms with van der Waals surface area (Å²) >= 11 is 0. The Morgan fingerprint density at radius 3 is 2.53 bits per heavy atom. The van der Waals surface area contributed by atoms with Gasteiger partial charge < -0.3 is 9.79 Å². The number of benzene rings is 1. The molecule has 0 radical (unpaired) electrons. The summed E-state index contributed by atoms with van der Waals surface area (Å²) in [5.74, 6) is 0. The molecular weight excluding hydrogens is 532 g/mol. The lowest BCUT2D eigenvalue weighted by Crippen LogP contribution is -2.40. The Morgan fingerprint density at radius 1 is 1.11 bits per heavy atom. The van der Waals surface area contributed by atoms with E-state index in [9.17, 15) is 27.3 Å². The molecule has 196 valence electrons. The molecule has 5 aromatic rings. The van der Waals surface area contributed by atoms with Gasteiger partial charge in [-0.3, -0.25) is 23.6 Å². The number of hydrogen-bond acceptors (Lipinski definition) is 7. The first-order valence-corrected chi connectivity index (χ1v) is 12.2. The van der Waals surface area contributed by atoms with Crippen molar-refractivity contribution >= 4 is 29.8 Å². The highest BCUT2D eigenvalue weighted by Gasteiger charge is 2.31. The molecule has 0 saturated heterocycles. The number of phosphoric ester groups is 1. The number of hydrogen-bond donors (Lipinski definition) is 2. The van der Waals surface area contributed by atoms with Crippen molar-refractivity contribution in [1.29, 1.82) is 0 Å². The van der Waals surface area contributed by atoms with Crippen LogP contribution in [0.25, 0.3) is 38.9 Å². The molecule has 0 aliphatic carbocycles. The van der Waals surface area contributed by atoms with Crippen LogP contribution in [0.15, 0.2) is 64.6 Å². The number of halogens is 3. The van der Waals surface area contributed by atoms with E-state index in [1.807, 2.05) is 0 Å². The fraction of sp³-hybridized carbons (Fsp3) is 0.136. The Balaban J connectivity index is 1.90. The van der Waals surface area contributed by atoms with E-state index in [2.05, 4.69) is 19.6 Å². The molecule has 2 N–H and O–H groups in total. The lowest BCUT2D eigenvalue weighted by atomic mass is 10.1. The van der Waals surface area contributed by atoms with E-state index in [-0.39, 0.29) is 27.6 Å². The average molecular weight is 548 g/mol. The van der Waals surface area contributed by atoms with Crippen LogP contribution in [-0.2, 0) is 29.0 Å². The third kappa shape index (κ3) is 4.63. The van der Waals surface area contributed by atoms with E-state index in [1.54, 1.807) is 25.4 Å². The van der Waals surface area contributed by atoms with Crippen molar-refractivity contribution in [2.75, 3.05) is 0 Å². The number of fused-ring (bicyclic) bond motifs is 3. The molecule has 0 amide bonds. The first kappa shape index (κ1) is 25.5. The zero-order valence-electron chi connectivity index (χ0n) is 19.2. The van der Waals surface area contributed by atoms with Gasteiger partial charge in [-0.25, -0.2) is 18.9 Å². The molecule has 1 aromatic carbocycles. The number of phosphoric acid groups is 1. The molecule has 0 aliphatic rings. The largest absolute Gasteiger partial charge is 0.471 e. The van der Waals surface area contributed by atoms with Crippen molar-refractivity contribution in [2.24, 2.45) is 7.05 Å². The Morgan fingerprint density at radius 2 is 1.87 bits per heavy atom. The molecule has 16 heteroatoms. The van der Waals surface area contributed by atoms with Gasteiger partial charge in [0.05, 0.1) is 39.6 Å². The standard InChI is InChI=1S/C22H16F3N6O6P/c1-29-10-12(8-27-29)16-5-6-17-18(28-16)19-15(9-26-17)20(32)30(11-37-38(34,35)36)21(33)31(19)14-4-2-3-13(7-14)22(23,24)25/h2-10H,11H2,1H3,(H2,34,35,36). The van der Waals surface area contributed by atoms with Crippen molar-refractivity contribution in [2.45, 2.75) is 12.9 Å². The minimum atomic E-state index is -5.12. The number of aryl methyl sites for hydroxylation is 1. The molecule has 0 spiro atoms. The van der Waals surface area contributed by atoms with Crippen LogP contribution in [0.5, 0.6) is 0 Å². The highest BCUT2D eigenvalue weighted by Crippen LogP contribution is 2.36. The summed E-state index contributed by atoms with van der Waals surface area (Å²) in [6.07, 6.45) is -0.455. The van der Waals surface area contributed by atoms with E-state index in [4.69, 9.17) is 9.79 Å². The van der Waals surface area contributed by atoms with Crippen LogP contribution < -0.4 is 11.2 Å². The van der Waals surface area contributed by atoms with Crippen molar-refractivity contribution in [3.63, 3.8) is 0 Å². The Bertz CT molecular complexity index is 1890. The topological polar surface area (TPSA) is 154 Å². The minimum Gasteiger partial charge on any atom is -0.303 e. The summed E-state index contributed by atoms with van der Waals surface area (Å²) < 4.78 is 58.8. The second-order valence-corrected chi connectivity index (χ2v) is 9.37. The van der Waals surface area contributed by atoms with Crippen molar-refractivity contribution in [3.8, 4) is 16.9 Å². The second kappa shape index (κ2) is 8.99. The molecule has 0 aliphatic heterocycles. The van der Waals surface area contributed by atoms with E-state index in [0.29, 0.717) is 21.9 Å². The lowest BCUT2D eigenvalue weighted by molar-refractivity contribution is -0.137. The van der Waals surface area contributed by atoms with Gasteiger partial charge in [-0.1, -0.05) is 6.07 Å². The summed E-state index contributed by atoms with van der Waals surface area (Å²) in [5.41, 5.74) is -2.52. The summed E-state index contributed by atoms with van der Waals surface area (Å²) in [4.78, 5) is 53.7. The van der Waals surface area contributed by atoms with Crippen LogP contribution >= 0.6 is 7.82 Å². The Hall–Kier alpha value is -4.17. The quantitative estimate of drug-likeness (QED) is 0.249. The van der Waals surface area contributed by atoms with Crippen LogP contribution in [0.3, 0.4) is 0 Å². The minimum absolute atomic E-state index is 0.0264. The molecule has 0 saturated carbocycles. The molecule has 0 atom stereocenters. The maximum Gasteiger partial charge on any atom is 0.471 e. The number of pyridine rings is 2. The van der Waals surface area contributed by atoms with E-state index in [0.717, 1.165) is 22.9 Å². The molecule has 4 aromatic heterocycles. The second-order valence-electron chi connectivity index (χ2n) is 8.14. The maximum absolute atomic E-state index is 13.5. The van der Waals surface area contributed by atoms with Gasteiger partial charge >= 0.3 is 19.7 Å². The monoisotopic (exact) mass is 548 g/mol. The first-order chi connectivity index (χ1) is 17.8. The van der Waals surface area contributed by atoms with Gasteiger partial charge in [-0.2, -0.15) is 18.3 Å². The molecule has 38 heavy (non-hydrogen) atoms. The van der Waals surface area contributed by atoms with E-state index in [1.165, 1.54) is 16.9 Å². The summed E-state index contributed by atoms with van der Waals surface area (Å²) in [7, 11) is -3.43. The summed E-state index contributed by atoms with van der Waals surface area (Å²) in [5, 5.41) is 3.83. The summed E-state index contributed by atoms with van der Waals surface area (Å²) in [6.45, 7) is -1.17. The van der Waals surface area contributed by atoms with Gasteiger partial charge in [0.25, 0.3) is 5.56 Å². The van der Waals surface area contributed by atoms with Crippen LogP contribution in [0, 0.1) is 0 Å². The third-order valence-electron chi connectivity index (χ3n) is 5.59. The number of aromatic nitrogens is 6. The molecule has 12 nitrogen and oxygen atoms in total. The molecule has 0 fully saturated rings. The normalized spacial score (nSPS) is 12.5. The molecular formula is C22H16F3N6O6P. The fourth-order valence-electron chi connectivity index (χ4n) is 3.91. The molecule has 5 rings (SSSR count). The highest BCUT2D eigenvalue weighted by molar-refractivity contribution is 7.46.